The highest BCUT2D eigenvalue weighted by molar-refractivity contribution is 6.04. The summed E-state index contributed by atoms with van der Waals surface area (Å²) >= 11 is 0. The van der Waals surface area contributed by atoms with Crippen molar-refractivity contribution in [3.05, 3.63) is 59.4 Å². The molecular formula is C20H24N4O2. The van der Waals surface area contributed by atoms with E-state index >= 15 is 0 Å². The first-order chi connectivity index (χ1) is 12.5. The second-order valence-corrected chi connectivity index (χ2v) is 6.87. The van der Waals surface area contributed by atoms with Crippen molar-refractivity contribution in [2.45, 2.75) is 45.3 Å². The van der Waals surface area contributed by atoms with Gasteiger partial charge in [0.15, 0.2) is 0 Å². The van der Waals surface area contributed by atoms with Gasteiger partial charge in [0.25, 0.3) is 11.8 Å². The van der Waals surface area contributed by atoms with Crippen LogP contribution in [-0.4, -0.2) is 28.9 Å². The summed E-state index contributed by atoms with van der Waals surface area (Å²) in [6, 6.07) is 11.2. The van der Waals surface area contributed by atoms with E-state index in [2.05, 4.69) is 34.8 Å². The molecule has 1 heterocycles. The zero-order valence-electron chi connectivity index (χ0n) is 15.1. The standard InChI is InChI=1S/C20H24N4O2/c1-13(2)22-12-14-9-15(19(25)23-16-6-7-16)11-17(10-14)24-20(26)18-5-3-4-8-21-18/h3-5,8-11,13,16,22H,6-7,12H2,1-2H3,(H,23,25)(H,24,26). The number of hydrogen-bond donors (Lipinski definition) is 3. The molecule has 1 aliphatic carbocycles. The van der Waals surface area contributed by atoms with Gasteiger partial charge >= 0.3 is 0 Å². The van der Waals surface area contributed by atoms with Crippen LogP contribution in [0.25, 0.3) is 0 Å². The molecule has 1 aromatic heterocycles. The molecule has 26 heavy (non-hydrogen) atoms. The second kappa shape index (κ2) is 8.10. The first-order valence-electron chi connectivity index (χ1n) is 8.92. The normalized spacial score (nSPS) is 13.5. The lowest BCUT2D eigenvalue weighted by molar-refractivity contribution is 0.0949. The van der Waals surface area contributed by atoms with Crippen molar-refractivity contribution in [2.24, 2.45) is 0 Å². The first-order valence-corrected chi connectivity index (χ1v) is 8.92. The number of rotatable bonds is 7. The maximum Gasteiger partial charge on any atom is 0.274 e. The molecule has 2 amide bonds. The van der Waals surface area contributed by atoms with Gasteiger partial charge in [0.05, 0.1) is 0 Å². The number of nitrogens with zero attached hydrogens (tertiary/aromatic N) is 1. The number of nitrogens with one attached hydrogen (secondary N) is 3. The fraction of sp³-hybridized carbons (Fsp3) is 0.350. The van der Waals surface area contributed by atoms with Crippen molar-refractivity contribution in [1.29, 1.82) is 0 Å². The highest BCUT2D eigenvalue weighted by Crippen LogP contribution is 2.21. The van der Waals surface area contributed by atoms with Crippen molar-refractivity contribution in [3.8, 4) is 0 Å². The smallest absolute Gasteiger partial charge is 0.274 e. The number of benzene rings is 1. The van der Waals surface area contributed by atoms with Gasteiger partial charge in [-0.25, -0.2) is 0 Å². The Balaban J connectivity index is 1.80. The molecule has 1 aliphatic rings. The summed E-state index contributed by atoms with van der Waals surface area (Å²) in [5.74, 6) is -0.402. The molecule has 6 heteroatoms. The van der Waals surface area contributed by atoms with Crippen LogP contribution < -0.4 is 16.0 Å². The molecule has 2 aromatic rings. The van der Waals surface area contributed by atoms with Crippen LogP contribution in [0.2, 0.25) is 0 Å². The van der Waals surface area contributed by atoms with Crippen molar-refractivity contribution in [3.63, 3.8) is 0 Å². The fourth-order valence-electron chi connectivity index (χ4n) is 2.51. The van der Waals surface area contributed by atoms with Gasteiger partial charge < -0.3 is 16.0 Å². The third kappa shape index (κ3) is 5.13. The Morgan fingerprint density at radius 3 is 2.62 bits per heavy atom. The maximum absolute atomic E-state index is 12.4. The van der Waals surface area contributed by atoms with E-state index < -0.39 is 0 Å². The summed E-state index contributed by atoms with van der Waals surface area (Å²) in [5.41, 5.74) is 2.42. The van der Waals surface area contributed by atoms with Crippen LogP contribution in [0.4, 0.5) is 5.69 Å². The van der Waals surface area contributed by atoms with Crippen LogP contribution in [0.5, 0.6) is 0 Å². The maximum atomic E-state index is 12.4. The first kappa shape index (κ1) is 18.1. The van der Waals surface area contributed by atoms with Gasteiger partial charge in [0.1, 0.15) is 5.69 Å². The van der Waals surface area contributed by atoms with Crippen molar-refractivity contribution < 1.29 is 9.59 Å². The van der Waals surface area contributed by atoms with Crippen molar-refractivity contribution in [1.82, 2.24) is 15.6 Å². The molecular weight excluding hydrogens is 328 g/mol. The van der Waals surface area contributed by atoms with E-state index in [1.165, 1.54) is 0 Å². The molecule has 0 atom stereocenters. The van der Waals surface area contributed by atoms with Crippen LogP contribution in [0, 0.1) is 0 Å². The molecule has 0 radical (unpaired) electrons. The van der Waals surface area contributed by atoms with Gasteiger partial charge in [-0.2, -0.15) is 0 Å². The summed E-state index contributed by atoms with van der Waals surface area (Å²) in [4.78, 5) is 28.9. The average Bonchev–Trinajstić information content (AvgIpc) is 3.44. The molecule has 0 bridgehead atoms. The monoisotopic (exact) mass is 352 g/mol. The fourth-order valence-corrected chi connectivity index (χ4v) is 2.51. The minimum atomic E-state index is -0.298. The Kier molecular flexibility index (Phi) is 5.63. The van der Waals surface area contributed by atoms with Crippen LogP contribution in [0.15, 0.2) is 42.6 Å². The Morgan fingerprint density at radius 2 is 1.96 bits per heavy atom. The SMILES string of the molecule is CC(C)NCc1cc(NC(=O)c2ccccn2)cc(C(=O)NC2CC2)c1. The van der Waals surface area contributed by atoms with E-state index in [0.29, 0.717) is 29.5 Å². The van der Waals surface area contributed by atoms with E-state index in [9.17, 15) is 9.59 Å². The van der Waals surface area contributed by atoms with E-state index in [1.54, 1.807) is 30.5 Å². The zero-order valence-corrected chi connectivity index (χ0v) is 15.1. The van der Waals surface area contributed by atoms with Crippen molar-refractivity contribution in [2.75, 3.05) is 5.32 Å². The van der Waals surface area contributed by atoms with Gasteiger partial charge in [-0.15, -0.1) is 0 Å². The number of anilines is 1. The average molecular weight is 352 g/mol. The number of aromatic nitrogens is 1. The molecule has 3 N–H and O–H groups in total. The second-order valence-electron chi connectivity index (χ2n) is 6.87. The summed E-state index contributed by atoms with van der Waals surface area (Å²) in [6.07, 6.45) is 3.64. The van der Waals surface area contributed by atoms with Crippen LogP contribution in [0.1, 0.15) is 53.1 Å². The molecule has 0 unspecified atom stereocenters. The number of hydrogen-bond acceptors (Lipinski definition) is 4. The zero-order chi connectivity index (χ0) is 18.5. The Hall–Kier alpha value is -2.73. The lowest BCUT2D eigenvalue weighted by Gasteiger charge is -2.13. The van der Waals surface area contributed by atoms with Crippen molar-refractivity contribution >= 4 is 17.5 Å². The van der Waals surface area contributed by atoms with Crippen LogP contribution >= 0.6 is 0 Å². The Bertz CT molecular complexity index is 786. The molecule has 0 aliphatic heterocycles. The highest BCUT2D eigenvalue weighted by Gasteiger charge is 2.24. The van der Waals surface area contributed by atoms with Crippen LogP contribution in [-0.2, 0) is 6.54 Å². The largest absolute Gasteiger partial charge is 0.349 e. The lowest BCUT2D eigenvalue weighted by Crippen LogP contribution is -2.26. The molecule has 1 saturated carbocycles. The Morgan fingerprint density at radius 1 is 1.15 bits per heavy atom. The Labute approximate surface area is 153 Å². The number of carbonyl (C=O) groups is 2. The molecule has 136 valence electrons. The topological polar surface area (TPSA) is 83.1 Å². The number of pyridine rings is 1. The predicted molar refractivity (Wildman–Crippen MR) is 101 cm³/mol. The summed E-state index contributed by atoms with van der Waals surface area (Å²) in [7, 11) is 0. The predicted octanol–water partition coefficient (Wildman–Crippen LogP) is 2.72. The highest BCUT2D eigenvalue weighted by atomic mass is 16.2. The minimum absolute atomic E-state index is 0.104. The molecule has 1 fully saturated rings. The van der Waals surface area contributed by atoms with E-state index in [-0.39, 0.29) is 17.9 Å². The molecule has 6 nitrogen and oxygen atoms in total. The molecule has 3 rings (SSSR count). The van der Waals surface area contributed by atoms with Gasteiger partial charge in [0.2, 0.25) is 0 Å². The van der Waals surface area contributed by atoms with Gasteiger partial charge in [-0.05, 0) is 48.7 Å². The third-order valence-electron chi connectivity index (χ3n) is 4.04. The quantitative estimate of drug-likeness (QED) is 0.715. The summed E-state index contributed by atoms with van der Waals surface area (Å²) < 4.78 is 0. The summed E-state index contributed by atoms with van der Waals surface area (Å²) in [6.45, 7) is 4.75. The lowest BCUT2D eigenvalue weighted by atomic mass is 10.1. The molecule has 0 spiro atoms. The summed E-state index contributed by atoms with van der Waals surface area (Å²) in [5, 5.41) is 9.17. The minimum Gasteiger partial charge on any atom is -0.349 e. The number of carbonyl (C=O) groups excluding carboxylic acids is 2. The van der Waals surface area contributed by atoms with Gasteiger partial charge in [0, 0.05) is 36.1 Å². The molecule has 1 aromatic carbocycles. The van der Waals surface area contributed by atoms with Crippen LogP contribution in [0.3, 0.4) is 0 Å². The van der Waals surface area contributed by atoms with Gasteiger partial charge in [-0.1, -0.05) is 19.9 Å². The van der Waals surface area contributed by atoms with E-state index in [4.69, 9.17) is 0 Å². The van der Waals surface area contributed by atoms with Gasteiger partial charge in [-0.3, -0.25) is 14.6 Å². The van der Waals surface area contributed by atoms with E-state index in [1.807, 2.05) is 12.1 Å². The third-order valence-corrected chi connectivity index (χ3v) is 4.04. The van der Waals surface area contributed by atoms with E-state index in [0.717, 1.165) is 18.4 Å². The number of amides is 2. The molecule has 0 saturated heterocycles.